The van der Waals surface area contributed by atoms with Gasteiger partial charge in [0.25, 0.3) is 0 Å². The first kappa shape index (κ1) is 31.5. The average Bonchev–Trinajstić information content (AvgIpc) is 3.02. The molecule has 228 valence electrons. The second-order valence-electron chi connectivity index (χ2n) is 10.1. The Balaban J connectivity index is 1.34. The largest absolute Gasteiger partial charge is 0.493 e. The summed E-state index contributed by atoms with van der Waals surface area (Å²) in [6.07, 6.45) is 1.56. The zero-order valence-corrected chi connectivity index (χ0v) is 25.1. The van der Waals surface area contributed by atoms with E-state index in [1.807, 2.05) is 42.5 Å². The summed E-state index contributed by atoms with van der Waals surface area (Å²) >= 11 is 5.97. The van der Waals surface area contributed by atoms with Crippen LogP contribution in [0.25, 0.3) is 0 Å². The van der Waals surface area contributed by atoms with E-state index in [4.69, 9.17) is 25.8 Å². The number of amides is 4. The first-order chi connectivity index (χ1) is 20.9. The van der Waals surface area contributed by atoms with Gasteiger partial charge in [0.1, 0.15) is 12.6 Å². The molecule has 1 aliphatic rings. The van der Waals surface area contributed by atoms with Gasteiger partial charge in [-0.15, -0.1) is 0 Å². The molecule has 1 unspecified atom stereocenters. The zero-order chi connectivity index (χ0) is 30.6. The molecule has 0 aliphatic carbocycles. The number of carbonyl (C=O) groups is 3. The lowest BCUT2D eigenvalue weighted by Crippen LogP contribution is -2.50. The van der Waals surface area contributed by atoms with Crippen LogP contribution < -0.4 is 25.4 Å². The molecule has 0 aromatic heterocycles. The van der Waals surface area contributed by atoms with Crippen molar-refractivity contribution in [1.82, 2.24) is 15.5 Å². The molecule has 0 bridgehead atoms. The Morgan fingerprint density at radius 1 is 0.930 bits per heavy atom. The number of hydrogen-bond donors (Lipinski definition) is 3. The predicted molar refractivity (Wildman–Crippen MR) is 165 cm³/mol. The highest BCUT2D eigenvalue weighted by atomic mass is 35.5. The molecule has 0 saturated heterocycles. The van der Waals surface area contributed by atoms with Gasteiger partial charge in [0.2, 0.25) is 5.91 Å². The van der Waals surface area contributed by atoms with E-state index in [0.717, 1.165) is 16.7 Å². The molecule has 10 nitrogen and oxygen atoms in total. The molecular formula is C32H37ClN4O6. The number of nitrogens with zero attached hydrogens (tertiary/aromatic N) is 1. The number of hydrogen-bond acceptors (Lipinski definition) is 6. The Bertz CT molecular complexity index is 1400. The van der Waals surface area contributed by atoms with Gasteiger partial charge in [-0.3, -0.25) is 4.79 Å². The lowest BCUT2D eigenvalue weighted by atomic mass is 9.97. The normalized spacial score (nSPS) is 12.9. The van der Waals surface area contributed by atoms with Gasteiger partial charge < -0.3 is 35.1 Å². The molecule has 11 heteroatoms. The molecule has 3 N–H and O–H groups in total. The summed E-state index contributed by atoms with van der Waals surface area (Å²) in [6, 6.07) is 18.9. The van der Waals surface area contributed by atoms with Gasteiger partial charge in [-0.1, -0.05) is 48.0 Å². The molecule has 3 aromatic rings. The molecule has 4 rings (SSSR count). The highest BCUT2D eigenvalue weighted by molar-refractivity contribution is 6.30. The number of anilines is 1. The smallest absolute Gasteiger partial charge is 0.408 e. The third kappa shape index (κ3) is 9.27. The molecule has 1 heterocycles. The van der Waals surface area contributed by atoms with Gasteiger partial charge in [0, 0.05) is 30.3 Å². The van der Waals surface area contributed by atoms with E-state index in [9.17, 15) is 14.4 Å². The van der Waals surface area contributed by atoms with Gasteiger partial charge in [0.15, 0.2) is 11.5 Å². The minimum atomic E-state index is -0.787. The van der Waals surface area contributed by atoms with E-state index in [1.54, 1.807) is 43.4 Å². The molecule has 4 amide bonds. The summed E-state index contributed by atoms with van der Waals surface area (Å²) in [5.74, 6) is 1.06. The number of methoxy groups -OCH3 is 2. The Kier molecular flexibility index (Phi) is 11.5. The molecule has 0 spiro atoms. The molecule has 43 heavy (non-hydrogen) atoms. The number of fused-ring (bicyclic) bond motifs is 1. The lowest BCUT2D eigenvalue weighted by Gasteiger charge is -2.32. The van der Waals surface area contributed by atoms with Crippen LogP contribution in [0.3, 0.4) is 0 Å². The standard InChI is InChI=1S/C32H37ClN4O6/c1-41-28-17-23-14-16-37(20-24(23)18-29(28)42-2)30(38)27(36-32(40)43-21-22-9-4-3-5-10-22)13-6-7-15-34-31(39)35-26-12-8-11-25(33)19-26/h3-5,8-12,17-19,27H,6-7,13-16,20-21H2,1-2H3,(H,36,40)(H2,34,35,39). The van der Waals surface area contributed by atoms with Crippen LogP contribution in [-0.4, -0.2) is 56.3 Å². The van der Waals surface area contributed by atoms with Gasteiger partial charge in [-0.2, -0.15) is 0 Å². The van der Waals surface area contributed by atoms with Gasteiger partial charge in [-0.25, -0.2) is 9.59 Å². The highest BCUT2D eigenvalue weighted by Crippen LogP contribution is 2.33. The van der Waals surface area contributed by atoms with Gasteiger partial charge >= 0.3 is 12.1 Å². The van der Waals surface area contributed by atoms with Crippen molar-refractivity contribution in [2.45, 2.75) is 44.9 Å². The van der Waals surface area contributed by atoms with Gasteiger partial charge in [0.05, 0.1) is 14.2 Å². The topological polar surface area (TPSA) is 118 Å². The van der Waals surface area contributed by atoms with Crippen molar-refractivity contribution in [2.24, 2.45) is 0 Å². The van der Waals surface area contributed by atoms with Crippen LogP contribution in [0.1, 0.15) is 36.0 Å². The number of unbranched alkanes of at least 4 members (excludes halogenated alkanes) is 1. The summed E-state index contributed by atoms with van der Waals surface area (Å²) in [7, 11) is 3.17. The molecule has 3 aromatic carbocycles. The highest BCUT2D eigenvalue weighted by Gasteiger charge is 2.29. The minimum absolute atomic E-state index is 0.0952. The van der Waals surface area contributed by atoms with Crippen LogP contribution in [0.15, 0.2) is 66.7 Å². The maximum atomic E-state index is 13.7. The van der Waals surface area contributed by atoms with E-state index in [-0.39, 0.29) is 18.5 Å². The van der Waals surface area contributed by atoms with E-state index in [1.165, 1.54) is 0 Å². The fourth-order valence-electron chi connectivity index (χ4n) is 4.87. The maximum Gasteiger partial charge on any atom is 0.408 e. The molecule has 0 fully saturated rings. The summed E-state index contributed by atoms with van der Waals surface area (Å²) in [5, 5.41) is 8.84. The maximum absolute atomic E-state index is 13.7. The number of ether oxygens (including phenoxy) is 3. The number of halogens is 1. The third-order valence-corrected chi connectivity index (χ3v) is 7.36. The Morgan fingerprint density at radius 3 is 2.40 bits per heavy atom. The van der Waals surface area contributed by atoms with Crippen LogP contribution in [0.2, 0.25) is 5.02 Å². The molecular weight excluding hydrogens is 572 g/mol. The van der Waals surface area contributed by atoms with Crippen LogP contribution in [0, 0.1) is 0 Å². The van der Waals surface area contributed by atoms with Gasteiger partial charge in [-0.05, 0) is 72.7 Å². The molecule has 1 aliphatic heterocycles. The van der Waals surface area contributed by atoms with Crippen molar-refractivity contribution in [3.63, 3.8) is 0 Å². The van der Waals surface area contributed by atoms with Crippen LogP contribution in [0.5, 0.6) is 11.5 Å². The molecule has 1 atom stereocenters. The van der Waals surface area contributed by atoms with Crippen molar-refractivity contribution in [3.8, 4) is 11.5 Å². The summed E-state index contributed by atoms with van der Waals surface area (Å²) in [4.78, 5) is 40.4. The number of rotatable bonds is 12. The Morgan fingerprint density at radius 2 is 1.67 bits per heavy atom. The van der Waals surface area contributed by atoms with E-state index < -0.39 is 12.1 Å². The SMILES string of the molecule is COc1cc2c(cc1OC)CN(C(=O)C(CCCCNC(=O)Nc1cccc(Cl)c1)NC(=O)OCc1ccccc1)CC2. The Hall–Kier alpha value is -4.44. The van der Waals surface area contributed by atoms with E-state index in [2.05, 4.69) is 16.0 Å². The number of benzene rings is 3. The minimum Gasteiger partial charge on any atom is -0.493 e. The van der Waals surface area contributed by atoms with Crippen LogP contribution in [0.4, 0.5) is 15.3 Å². The number of urea groups is 1. The number of carbonyl (C=O) groups excluding carboxylic acids is 3. The Labute approximate surface area is 256 Å². The summed E-state index contributed by atoms with van der Waals surface area (Å²) in [5.41, 5.74) is 3.50. The van der Waals surface area contributed by atoms with Crippen molar-refractivity contribution in [2.75, 3.05) is 32.6 Å². The third-order valence-electron chi connectivity index (χ3n) is 7.12. The van der Waals surface area contributed by atoms with Crippen molar-refractivity contribution in [3.05, 3.63) is 88.4 Å². The average molecular weight is 609 g/mol. The van der Waals surface area contributed by atoms with Crippen molar-refractivity contribution < 1.29 is 28.6 Å². The number of nitrogens with one attached hydrogen (secondary N) is 3. The molecule has 0 radical (unpaired) electrons. The quantitative estimate of drug-likeness (QED) is 0.233. The lowest BCUT2D eigenvalue weighted by molar-refractivity contribution is -0.134. The second-order valence-corrected chi connectivity index (χ2v) is 10.6. The van der Waals surface area contributed by atoms with E-state index >= 15 is 0 Å². The molecule has 0 saturated carbocycles. The first-order valence-corrected chi connectivity index (χ1v) is 14.5. The fourth-order valence-corrected chi connectivity index (χ4v) is 5.06. The van der Waals surface area contributed by atoms with Crippen molar-refractivity contribution >= 4 is 35.3 Å². The first-order valence-electron chi connectivity index (χ1n) is 14.2. The fraction of sp³-hybridized carbons (Fsp3) is 0.344. The second kappa shape index (κ2) is 15.7. The monoisotopic (exact) mass is 608 g/mol. The zero-order valence-electron chi connectivity index (χ0n) is 24.4. The van der Waals surface area contributed by atoms with E-state index in [0.29, 0.717) is 67.5 Å². The summed E-state index contributed by atoms with van der Waals surface area (Å²) in [6.45, 7) is 1.38. The number of alkyl carbamates (subject to hydrolysis) is 1. The van der Waals surface area contributed by atoms with Crippen LogP contribution in [-0.2, 0) is 29.1 Å². The predicted octanol–water partition coefficient (Wildman–Crippen LogP) is 5.53. The van der Waals surface area contributed by atoms with Crippen molar-refractivity contribution in [1.29, 1.82) is 0 Å². The van der Waals surface area contributed by atoms with Crippen LogP contribution >= 0.6 is 11.6 Å². The summed E-state index contributed by atoms with van der Waals surface area (Å²) < 4.78 is 16.3.